The maximum absolute atomic E-state index is 11.4. The maximum atomic E-state index is 11.4. The molecule has 1 rings (SSSR count). The van der Waals surface area contributed by atoms with E-state index in [1.165, 1.54) is 4.31 Å². The van der Waals surface area contributed by atoms with Gasteiger partial charge in [0.2, 0.25) is 10.0 Å². The number of rotatable bonds is 3. The molecule has 0 aromatic heterocycles. The highest BCUT2D eigenvalue weighted by molar-refractivity contribution is 7.89. The Morgan fingerprint density at radius 3 is 2.54 bits per heavy atom. The van der Waals surface area contributed by atoms with Gasteiger partial charge in [-0.05, 0) is 13.3 Å². The average molecular weight is 209 g/mol. The smallest absolute Gasteiger partial charge is 0.216 e. The summed E-state index contributed by atoms with van der Waals surface area (Å²) in [5.41, 5.74) is -0.914. The number of sulfonamides is 1. The van der Waals surface area contributed by atoms with Gasteiger partial charge in [0.05, 0.1) is 18.0 Å². The van der Waals surface area contributed by atoms with Gasteiger partial charge in [0.15, 0.2) is 0 Å². The topological polar surface area (TPSA) is 77.8 Å². The minimum Gasteiger partial charge on any atom is -0.395 e. The summed E-state index contributed by atoms with van der Waals surface area (Å²) in [4.78, 5) is 0. The van der Waals surface area contributed by atoms with Gasteiger partial charge in [-0.25, -0.2) is 8.42 Å². The molecule has 0 spiro atoms. The van der Waals surface area contributed by atoms with E-state index in [9.17, 15) is 13.5 Å². The monoisotopic (exact) mass is 209 g/mol. The van der Waals surface area contributed by atoms with Gasteiger partial charge in [-0.15, -0.1) is 0 Å². The molecule has 1 aliphatic rings. The molecule has 78 valence electrons. The van der Waals surface area contributed by atoms with E-state index in [1.54, 1.807) is 6.92 Å². The Balaban J connectivity index is 2.66. The number of β-amino-alcohol motifs (C(OH)–C–C–N with tert-alkyl or cyclic N) is 1. The number of aliphatic hydroxyl groups is 2. The lowest BCUT2D eigenvalue weighted by Gasteiger charge is -2.18. The Morgan fingerprint density at radius 1 is 1.54 bits per heavy atom. The summed E-state index contributed by atoms with van der Waals surface area (Å²) in [6.45, 7) is 1.72. The normalized spacial score (nSPS) is 31.0. The summed E-state index contributed by atoms with van der Waals surface area (Å²) in [7, 11) is -3.36. The first-order valence-electron chi connectivity index (χ1n) is 4.18. The van der Waals surface area contributed by atoms with Crippen molar-refractivity contribution in [1.82, 2.24) is 4.31 Å². The van der Waals surface area contributed by atoms with Gasteiger partial charge in [0, 0.05) is 13.1 Å². The van der Waals surface area contributed by atoms with Gasteiger partial charge in [-0.3, -0.25) is 0 Å². The first-order chi connectivity index (χ1) is 5.87. The quantitative estimate of drug-likeness (QED) is 0.610. The molecular formula is C7H15NO4S. The molecule has 0 aromatic rings. The van der Waals surface area contributed by atoms with Gasteiger partial charge in [-0.2, -0.15) is 4.31 Å². The highest BCUT2D eigenvalue weighted by Crippen LogP contribution is 2.22. The van der Waals surface area contributed by atoms with Crippen LogP contribution in [0.5, 0.6) is 0 Å². The standard InChI is InChI=1S/C7H15NO4S/c1-7(10)2-3-8(6-7)13(11,12)5-4-9/h9-10H,2-6H2,1H3. The third-order valence-electron chi connectivity index (χ3n) is 2.16. The van der Waals surface area contributed by atoms with Crippen molar-refractivity contribution in [2.45, 2.75) is 18.9 Å². The number of hydrogen-bond acceptors (Lipinski definition) is 4. The van der Waals surface area contributed by atoms with E-state index in [1.807, 2.05) is 0 Å². The number of nitrogens with zero attached hydrogens (tertiary/aromatic N) is 1. The molecule has 13 heavy (non-hydrogen) atoms. The van der Waals surface area contributed by atoms with Crippen LogP contribution in [0.25, 0.3) is 0 Å². The zero-order valence-corrected chi connectivity index (χ0v) is 8.42. The highest BCUT2D eigenvalue weighted by atomic mass is 32.2. The van der Waals surface area contributed by atoms with E-state index in [2.05, 4.69) is 0 Å². The maximum Gasteiger partial charge on any atom is 0.216 e. The van der Waals surface area contributed by atoms with Crippen LogP contribution in [0.2, 0.25) is 0 Å². The van der Waals surface area contributed by atoms with Crippen molar-refractivity contribution in [3.05, 3.63) is 0 Å². The summed E-state index contributed by atoms with van der Waals surface area (Å²) < 4.78 is 24.0. The third kappa shape index (κ3) is 2.63. The molecule has 0 bridgehead atoms. The van der Waals surface area contributed by atoms with Crippen LogP contribution in [0, 0.1) is 0 Å². The van der Waals surface area contributed by atoms with Crippen LogP contribution in [-0.2, 0) is 10.0 Å². The molecule has 1 saturated heterocycles. The highest BCUT2D eigenvalue weighted by Gasteiger charge is 2.37. The van der Waals surface area contributed by atoms with Crippen molar-refractivity contribution >= 4 is 10.0 Å². The van der Waals surface area contributed by atoms with Crippen LogP contribution in [0.4, 0.5) is 0 Å². The van der Waals surface area contributed by atoms with Crippen LogP contribution in [-0.4, -0.2) is 54.0 Å². The van der Waals surface area contributed by atoms with Crippen LogP contribution >= 0.6 is 0 Å². The summed E-state index contributed by atoms with van der Waals surface area (Å²) in [5, 5.41) is 18.1. The fourth-order valence-electron chi connectivity index (χ4n) is 1.39. The van der Waals surface area contributed by atoms with E-state index in [4.69, 9.17) is 5.11 Å². The molecule has 0 radical (unpaired) electrons. The Hall–Kier alpha value is -0.170. The Kier molecular flexibility index (Phi) is 2.96. The second kappa shape index (κ2) is 3.53. The van der Waals surface area contributed by atoms with Crippen LogP contribution in [0.3, 0.4) is 0 Å². The number of hydrogen-bond donors (Lipinski definition) is 2. The Bertz CT molecular complexity index is 272. The van der Waals surface area contributed by atoms with Gasteiger partial charge >= 0.3 is 0 Å². The first-order valence-corrected chi connectivity index (χ1v) is 5.79. The van der Waals surface area contributed by atoms with Crippen LogP contribution in [0.1, 0.15) is 13.3 Å². The Morgan fingerprint density at radius 2 is 2.15 bits per heavy atom. The SMILES string of the molecule is CC1(O)CCN(S(=O)(=O)CCO)C1. The predicted molar refractivity (Wildman–Crippen MR) is 47.7 cm³/mol. The number of aliphatic hydroxyl groups excluding tert-OH is 1. The van der Waals surface area contributed by atoms with Crippen LogP contribution < -0.4 is 0 Å². The lowest BCUT2D eigenvalue weighted by atomic mass is 10.1. The van der Waals surface area contributed by atoms with Gasteiger partial charge in [-0.1, -0.05) is 0 Å². The minimum absolute atomic E-state index is 0.134. The summed E-state index contributed by atoms with van der Waals surface area (Å²) >= 11 is 0. The van der Waals surface area contributed by atoms with E-state index < -0.39 is 15.6 Å². The molecular weight excluding hydrogens is 194 g/mol. The van der Waals surface area contributed by atoms with Crippen molar-refractivity contribution in [1.29, 1.82) is 0 Å². The molecule has 0 saturated carbocycles. The molecule has 0 aromatic carbocycles. The molecule has 1 heterocycles. The summed E-state index contributed by atoms with van der Waals surface area (Å²) in [5.74, 6) is -0.261. The molecule has 1 atom stereocenters. The van der Waals surface area contributed by atoms with Crippen molar-refractivity contribution in [2.75, 3.05) is 25.4 Å². The van der Waals surface area contributed by atoms with Crippen molar-refractivity contribution in [3.8, 4) is 0 Å². The average Bonchev–Trinajstić information content (AvgIpc) is 2.30. The molecule has 2 N–H and O–H groups in total. The largest absolute Gasteiger partial charge is 0.395 e. The molecule has 1 aliphatic heterocycles. The molecule has 6 heteroatoms. The van der Waals surface area contributed by atoms with E-state index in [-0.39, 0.29) is 18.9 Å². The fraction of sp³-hybridized carbons (Fsp3) is 1.00. The van der Waals surface area contributed by atoms with Crippen molar-refractivity contribution in [2.24, 2.45) is 0 Å². The summed E-state index contributed by atoms with van der Waals surface area (Å²) in [6.07, 6.45) is 0.456. The molecule has 1 fully saturated rings. The first kappa shape index (κ1) is 10.9. The Labute approximate surface area is 78.0 Å². The fourth-order valence-corrected chi connectivity index (χ4v) is 2.72. The van der Waals surface area contributed by atoms with Gasteiger partial charge in [0.1, 0.15) is 0 Å². The van der Waals surface area contributed by atoms with Crippen molar-refractivity contribution in [3.63, 3.8) is 0 Å². The van der Waals surface area contributed by atoms with Crippen LogP contribution in [0.15, 0.2) is 0 Å². The van der Waals surface area contributed by atoms with E-state index in [0.29, 0.717) is 13.0 Å². The predicted octanol–water partition coefficient (Wildman–Crippen LogP) is -1.23. The van der Waals surface area contributed by atoms with Gasteiger partial charge < -0.3 is 10.2 Å². The van der Waals surface area contributed by atoms with Crippen molar-refractivity contribution < 1.29 is 18.6 Å². The zero-order valence-electron chi connectivity index (χ0n) is 7.60. The lowest BCUT2D eigenvalue weighted by Crippen LogP contribution is -2.35. The molecule has 5 nitrogen and oxygen atoms in total. The zero-order chi connectivity index (χ0) is 10.1. The molecule has 0 aliphatic carbocycles. The second-order valence-corrected chi connectivity index (χ2v) is 5.71. The third-order valence-corrected chi connectivity index (χ3v) is 3.96. The van der Waals surface area contributed by atoms with E-state index in [0.717, 1.165) is 0 Å². The summed E-state index contributed by atoms with van der Waals surface area (Å²) in [6, 6.07) is 0. The minimum atomic E-state index is -3.36. The molecule has 0 amide bonds. The van der Waals surface area contributed by atoms with E-state index >= 15 is 0 Å². The second-order valence-electron chi connectivity index (χ2n) is 3.62. The molecule has 1 unspecified atom stereocenters. The lowest BCUT2D eigenvalue weighted by molar-refractivity contribution is 0.0762. The van der Waals surface area contributed by atoms with Gasteiger partial charge in [0.25, 0.3) is 0 Å².